The fourth-order valence-corrected chi connectivity index (χ4v) is 1.88. The van der Waals surface area contributed by atoms with Gasteiger partial charge in [0.25, 0.3) is 0 Å². The normalized spacial score (nSPS) is 11.9. The van der Waals surface area contributed by atoms with Crippen molar-refractivity contribution in [3.8, 4) is 5.75 Å². The van der Waals surface area contributed by atoms with Crippen LogP contribution in [-0.4, -0.2) is 19.2 Å². The molecule has 0 bridgehead atoms. The fourth-order valence-electron chi connectivity index (χ4n) is 1.88. The van der Waals surface area contributed by atoms with Gasteiger partial charge in [-0.15, -0.1) is 0 Å². The molecule has 102 valence electrons. The van der Waals surface area contributed by atoms with E-state index in [4.69, 9.17) is 4.74 Å². The van der Waals surface area contributed by atoms with Crippen molar-refractivity contribution in [1.82, 2.24) is 5.32 Å². The zero-order chi connectivity index (χ0) is 13.8. The first-order valence-electron chi connectivity index (χ1n) is 6.78. The van der Waals surface area contributed by atoms with Crippen molar-refractivity contribution in [3.05, 3.63) is 29.3 Å². The number of hydrogen-bond donors (Lipinski definition) is 1. The van der Waals surface area contributed by atoms with E-state index in [-0.39, 0.29) is 5.41 Å². The summed E-state index contributed by atoms with van der Waals surface area (Å²) in [4.78, 5) is 0. The summed E-state index contributed by atoms with van der Waals surface area (Å²) >= 11 is 0. The third kappa shape index (κ3) is 4.69. The SMILES string of the molecule is Cc1ccc(C(C)(C)C)c(OCCNC(C)C)c1. The summed E-state index contributed by atoms with van der Waals surface area (Å²) in [6.45, 7) is 14.6. The Morgan fingerprint density at radius 3 is 2.44 bits per heavy atom. The summed E-state index contributed by atoms with van der Waals surface area (Å²) in [5.41, 5.74) is 2.64. The topological polar surface area (TPSA) is 21.3 Å². The van der Waals surface area contributed by atoms with E-state index in [0.29, 0.717) is 12.6 Å². The predicted molar refractivity (Wildman–Crippen MR) is 78.5 cm³/mol. The van der Waals surface area contributed by atoms with Crippen LogP contribution in [0.4, 0.5) is 0 Å². The smallest absolute Gasteiger partial charge is 0.123 e. The number of aryl methyl sites for hydroxylation is 1. The Balaban J connectivity index is 2.71. The van der Waals surface area contributed by atoms with E-state index in [2.05, 4.69) is 65.1 Å². The first-order valence-corrected chi connectivity index (χ1v) is 6.78. The molecule has 0 fully saturated rings. The van der Waals surface area contributed by atoms with Gasteiger partial charge < -0.3 is 10.1 Å². The van der Waals surface area contributed by atoms with Gasteiger partial charge in [0, 0.05) is 12.6 Å². The highest BCUT2D eigenvalue weighted by Gasteiger charge is 2.18. The largest absolute Gasteiger partial charge is 0.492 e. The van der Waals surface area contributed by atoms with Crippen molar-refractivity contribution in [1.29, 1.82) is 0 Å². The van der Waals surface area contributed by atoms with Crippen LogP contribution >= 0.6 is 0 Å². The maximum absolute atomic E-state index is 5.93. The van der Waals surface area contributed by atoms with Crippen LogP contribution in [0.5, 0.6) is 5.75 Å². The van der Waals surface area contributed by atoms with Crippen LogP contribution in [0.25, 0.3) is 0 Å². The molecular weight excluding hydrogens is 222 g/mol. The number of benzene rings is 1. The molecule has 0 aliphatic rings. The standard InChI is InChI=1S/C16H27NO/c1-12(2)17-9-10-18-15-11-13(3)7-8-14(15)16(4,5)6/h7-8,11-12,17H,9-10H2,1-6H3. The second-order valence-electron chi connectivity index (χ2n) is 6.21. The van der Waals surface area contributed by atoms with Gasteiger partial charge in [-0.25, -0.2) is 0 Å². The molecule has 0 aromatic heterocycles. The molecule has 0 aliphatic heterocycles. The highest BCUT2D eigenvalue weighted by molar-refractivity contribution is 5.41. The van der Waals surface area contributed by atoms with Crippen molar-refractivity contribution in [3.63, 3.8) is 0 Å². The fraction of sp³-hybridized carbons (Fsp3) is 0.625. The molecule has 0 amide bonds. The molecule has 1 aromatic carbocycles. The quantitative estimate of drug-likeness (QED) is 0.804. The highest BCUT2D eigenvalue weighted by atomic mass is 16.5. The van der Waals surface area contributed by atoms with Gasteiger partial charge in [0.15, 0.2) is 0 Å². The van der Waals surface area contributed by atoms with Gasteiger partial charge in [-0.05, 0) is 29.5 Å². The highest BCUT2D eigenvalue weighted by Crippen LogP contribution is 2.31. The lowest BCUT2D eigenvalue weighted by atomic mass is 9.86. The van der Waals surface area contributed by atoms with Crippen LogP contribution in [0.2, 0.25) is 0 Å². The van der Waals surface area contributed by atoms with Gasteiger partial charge in [0.1, 0.15) is 12.4 Å². The third-order valence-electron chi connectivity index (χ3n) is 2.86. The van der Waals surface area contributed by atoms with E-state index >= 15 is 0 Å². The minimum absolute atomic E-state index is 0.120. The van der Waals surface area contributed by atoms with E-state index in [1.165, 1.54) is 11.1 Å². The average molecular weight is 249 g/mol. The van der Waals surface area contributed by atoms with E-state index in [1.807, 2.05) is 0 Å². The molecule has 0 saturated heterocycles. The maximum atomic E-state index is 5.93. The second-order valence-corrected chi connectivity index (χ2v) is 6.21. The Kier molecular flexibility index (Phi) is 5.21. The van der Waals surface area contributed by atoms with Gasteiger partial charge >= 0.3 is 0 Å². The number of nitrogens with one attached hydrogen (secondary N) is 1. The minimum atomic E-state index is 0.120. The third-order valence-corrected chi connectivity index (χ3v) is 2.86. The van der Waals surface area contributed by atoms with Gasteiger partial charge in [-0.3, -0.25) is 0 Å². The van der Waals surface area contributed by atoms with Crippen LogP contribution < -0.4 is 10.1 Å². The Morgan fingerprint density at radius 1 is 1.22 bits per heavy atom. The molecule has 0 spiro atoms. The van der Waals surface area contributed by atoms with Crippen molar-refractivity contribution in [2.45, 2.75) is 53.0 Å². The first kappa shape index (κ1) is 15.0. The summed E-state index contributed by atoms with van der Waals surface area (Å²) in [5, 5.41) is 3.36. The molecule has 2 nitrogen and oxygen atoms in total. The van der Waals surface area contributed by atoms with Gasteiger partial charge in [0.05, 0.1) is 0 Å². The molecule has 0 saturated carbocycles. The summed E-state index contributed by atoms with van der Waals surface area (Å²) in [7, 11) is 0. The lowest BCUT2D eigenvalue weighted by molar-refractivity contribution is 0.301. The van der Waals surface area contributed by atoms with Crippen LogP contribution in [0.1, 0.15) is 45.7 Å². The number of hydrogen-bond acceptors (Lipinski definition) is 2. The van der Waals surface area contributed by atoms with E-state index in [9.17, 15) is 0 Å². The van der Waals surface area contributed by atoms with Crippen molar-refractivity contribution >= 4 is 0 Å². The van der Waals surface area contributed by atoms with Crippen molar-refractivity contribution in [2.24, 2.45) is 0 Å². The Labute approximate surface area is 112 Å². The van der Waals surface area contributed by atoms with E-state index in [0.717, 1.165) is 12.3 Å². The molecule has 0 unspecified atom stereocenters. The molecule has 18 heavy (non-hydrogen) atoms. The minimum Gasteiger partial charge on any atom is -0.492 e. The molecular formula is C16H27NO. The zero-order valence-corrected chi connectivity index (χ0v) is 12.6. The van der Waals surface area contributed by atoms with Crippen molar-refractivity contribution in [2.75, 3.05) is 13.2 Å². The van der Waals surface area contributed by atoms with E-state index in [1.54, 1.807) is 0 Å². The molecule has 1 rings (SSSR count). The molecule has 0 heterocycles. The maximum Gasteiger partial charge on any atom is 0.123 e. The average Bonchev–Trinajstić information content (AvgIpc) is 2.22. The summed E-state index contributed by atoms with van der Waals surface area (Å²) in [5.74, 6) is 1.02. The molecule has 0 radical (unpaired) electrons. The summed E-state index contributed by atoms with van der Waals surface area (Å²) in [6.07, 6.45) is 0. The molecule has 1 N–H and O–H groups in total. The zero-order valence-electron chi connectivity index (χ0n) is 12.6. The summed E-state index contributed by atoms with van der Waals surface area (Å²) < 4.78 is 5.93. The first-order chi connectivity index (χ1) is 8.30. The Morgan fingerprint density at radius 2 is 1.89 bits per heavy atom. The molecule has 0 atom stereocenters. The molecule has 2 heteroatoms. The predicted octanol–water partition coefficient (Wildman–Crippen LogP) is 3.67. The van der Waals surface area contributed by atoms with Crippen LogP contribution in [-0.2, 0) is 5.41 Å². The Bertz CT molecular complexity index is 377. The number of rotatable bonds is 5. The van der Waals surface area contributed by atoms with Gasteiger partial charge in [-0.1, -0.05) is 46.8 Å². The lowest BCUT2D eigenvalue weighted by Crippen LogP contribution is -2.28. The molecule has 0 aliphatic carbocycles. The van der Waals surface area contributed by atoms with Crippen LogP contribution in [0.15, 0.2) is 18.2 Å². The van der Waals surface area contributed by atoms with E-state index < -0.39 is 0 Å². The molecule has 1 aromatic rings. The second kappa shape index (κ2) is 6.24. The van der Waals surface area contributed by atoms with Gasteiger partial charge in [0.2, 0.25) is 0 Å². The summed E-state index contributed by atoms with van der Waals surface area (Å²) in [6, 6.07) is 6.98. The lowest BCUT2D eigenvalue weighted by Gasteiger charge is -2.23. The van der Waals surface area contributed by atoms with Crippen LogP contribution in [0, 0.1) is 6.92 Å². The Hall–Kier alpha value is -1.02. The van der Waals surface area contributed by atoms with Crippen LogP contribution in [0.3, 0.4) is 0 Å². The number of ether oxygens (including phenoxy) is 1. The van der Waals surface area contributed by atoms with Gasteiger partial charge in [-0.2, -0.15) is 0 Å². The monoisotopic (exact) mass is 249 g/mol. The van der Waals surface area contributed by atoms with Crippen molar-refractivity contribution < 1.29 is 4.74 Å².